The molecular weight excluding hydrogens is 354 g/mol. The Hall–Kier alpha value is -1.65. The maximum Gasteiger partial charge on any atom is 0.343 e. The molecule has 0 saturated heterocycles. The van der Waals surface area contributed by atoms with Crippen molar-refractivity contribution in [3.05, 3.63) is 65.2 Å². The summed E-state index contributed by atoms with van der Waals surface area (Å²) >= 11 is 0. The lowest BCUT2D eigenvalue weighted by atomic mass is 10.0. The highest BCUT2D eigenvalue weighted by Gasteiger charge is 2.14. The lowest BCUT2D eigenvalue weighted by Crippen LogP contribution is -2.14. The summed E-state index contributed by atoms with van der Waals surface area (Å²) in [5, 5.41) is 0. The minimum atomic E-state index is -0.306. The van der Waals surface area contributed by atoms with E-state index in [1.807, 2.05) is 44.4 Å². The highest BCUT2D eigenvalue weighted by Crippen LogP contribution is 2.26. The second-order valence-corrected chi connectivity index (χ2v) is 5.64. The molecular formula is C19H24BrNO2. The van der Waals surface area contributed by atoms with Crippen molar-refractivity contribution in [3.63, 3.8) is 0 Å². The van der Waals surface area contributed by atoms with Crippen molar-refractivity contribution in [2.45, 2.75) is 26.3 Å². The third-order valence-electron chi connectivity index (χ3n) is 3.43. The molecule has 0 aliphatic rings. The van der Waals surface area contributed by atoms with Crippen LogP contribution in [0.15, 0.2) is 48.5 Å². The van der Waals surface area contributed by atoms with E-state index in [-0.39, 0.29) is 23.0 Å². The highest BCUT2D eigenvalue weighted by molar-refractivity contribution is 8.93. The molecule has 0 atom stereocenters. The molecule has 4 heteroatoms. The zero-order chi connectivity index (χ0) is 15.9. The van der Waals surface area contributed by atoms with Crippen LogP contribution in [0.2, 0.25) is 0 Å². The van der Waals surface area contributed by atoms with Crippen molar-refractivity contribution in [2.24, 2.45) is 0 Å². The van der Waals surface area contributed by atoms with Crippen LogP contribution in [0.1, 0.15) is 34.8 Å². The molecule has 23 heavy (non-hydrogen) atoms. The fourth-order valence-electron chi connectivity index (χ4n) is 2.46. The fourth-order valence-corrected chi connectivity index (χ4v) is 2.46. The smallest absolute Gasteiger partial charge is 0.343 e. The Balaban J connectivity index is 0.00000264. The Labute approximate surface area is 149 Å². The first-order valence-electron chi connectivity index (χ1n) is 7.64. The van der Waals surface area contributed by atoms with Crippen LogP contribution in [0, 0.1) is 0 Å². The van der Waals surface area contributed by atoms with Gasteiger partial charge in [-0.2, -0.15) is 0 Å². The Morgan fingerprint density at radius 2 is 1.74 bits per heavy atom. The maximum absolute atomic E-state index is 12.3. The molecule has 2 aromatic carbocycles. The molecule has 0 unspecified atom stereocenters. The zero-order valence-electron chi connectivity index (χ0n) is 13.9. The van der Waals surface area contributed by atoms with E-state index in [0.29, 0.717) is 11.3 Å². The summed E-state index contributed by atoms with van der Waals surface area (Å²) in [5.74, 6) is 0.370. The average molecular weight is 378 g/mol. The van der Waals surface area contributed by atoms with E-state index in [9.17, 15) is 4.79 Å². The molecule has 0 radical (unpaired) electrons. The van der Waals surface area contributed by atoms with E-state index in [0.717, 1.165) is 24.9 Å². The molecule has 3 nitrogen and oxygen atoms in total. The van der Waals surface area contributed by atoms with Crippen molar-refractivity contribution < 1.29 is 9.53 Å². The Morgan fingerprint density at radius 3 is 2.35 bits per heavy atom. The fraction of sp³-hybridized carbons (Fsp3) is 0.316. The van der Waals surface area contributed by atoms with E-state index >= 15 is 0 Å². The number of carbonyl (C=O) groups is 1. The third-order valence-corrected chi connectivity index (χ3v) is 3.43. The molecule has 2 aromatic rings. The third kappa shape index (κ3) is 5.48. The molecule has 0 amide bonds. The number of benzene rings is 2. The predicted octanol–water partition coefficient (Wildman–Crippen LogP) is 4.50. The minimum Gasteiger partial charge on any atom is -0.423 e. The monoisotopic (exact) mass is 377 g/mol. The average Bonchev–Trinajstić information content (AvgIpc) is 2.51. The van der Waals surface area contributed by atoms with Crippen LogP contribution in [0.3, 0.4) is 0 Å². The van der Waals surface area contributed by atoms with Crippen LogP contribution in [-0.2, 0) is 13.0 Å². The van der Waals surface area contributed by atoms with Crippen LogP contribution in [0.4, 0.5) is 0 Å². The van der Waals surface area contributed by atoms with Gasteiger partial charge in [-0.05, 0) is 49.8 Å². The summed E-state index contributed by atoms with van der Waals surface area (Å²) in [6, 6.07) is 15.0. The first kappa shape index (κ1) is 19.4. The van der Waals surface area contributed by atoms with Gasteiger partial charge in [0.25, 0.3) is 0 Å². The molecule has 2 rings (SSSR count). The summed E-state index contributed by atoms with van der Waals surface area (Å²) < 4.78 is 5.65. The van der Waals surface area contributed by atoms with Gasteiger partial charge >= 0.3 is 5.97 Å². The first-order valence-corrected chi connectivity index (χ1v) is 7.64. The molecule has 0 bridgehead atoms. The molecule has 0 fully saturated rings. The van der Waals surface area contributed by atoms with Gasteiger partial charge in [0, 0.05) is 6.54 Å². The number of rotatable bonds is 6. The van der Waals surface area contributed by atoms with E-state index < -0.39 is 0 Å². The van der Waals surface area contributed by atoms with Crippen molar-refractivity contribution >= 4 is 23.0 Å². The Morgan fingerprint density at radius 1 is 1.04 bits per heavy atom. The minimum absolute atomic E-state index is 0. The maximum atomic E-state index is 12.3. The summed E-state index contributed by atoms with van der Waals surface area (Å²) in [5.41, 5.74) is 2.91. The number of carbonyl (C=O) groups excluding carboxylic acids is 1. The summed E-state index contributed by atoms with van der Waals surface area (Å²) in [7, 11) is 4.08. The normalized spacial score (nSPS) is 10.3. The van der Waals surface area contributed by atoms with Gasteiger partial charge in [0.1, 0.15) is 5.75 Å². The molecule has 0 aromatic heterocycles. The molecule has 0 spiro atoms. The van der Waals surface area contributed by atoms with Crippen molar-refractivity contribution in [2.75, 3.05) is 14.1 Å². The first-order chi connectivity index (χ1) is 10.6. The quantitative estimate of drug-likeness (QED) is 0.548. The molecule has 0 aliphatic heterocycles. The summed E-state index contributed by atoms with van der Waals surface area (Å²) in [4.78, 5) is 14.4. The second-order valence-electron chi connectivity index (χ2n) is 5.64. The number of hydrogen-bond donors (Lipinski definition) is 0. The Bertz CT molecular complexity index is 627. The molecule has 0 saturated carbocycles. The molecule has 0 heterocycles. The number of hydrogen-bond acceptors (Lipinski definition) is 3. The second kappa shape index (κ2) is 9.48. The SMILES string of the molecule is Br.CCCc1c(CN(C)C)cccc1OC(=O)c1ccccc1. The van der Waals surface area contributed by atoms with Crippen LogP contribution >= 0.6 is 17.0 Å². The van der Waals surface area contributed by atoms with Crippen LogP contribution in [0.5, 0.6) is 5.75 Å². The standard InChI is InChI=1S/C19H23NO2.BrH/c1-4-9-17-16(14-20(2)3)12-8-13-18(17)22-19(21)15-10-6-5-7-11-15;/h5-8,10-13H,4,9,14H2,1-3H3;1H. The van der Waals surface area contributed by atoms with Gasteiger partial charge in [-0.25, -0.2) is 4.79 Å². The largest absolute Gasteiger partial charge is 0.423 e. The Kier molecular flexibility index (Phi) is 8.00. The molecule has 0 N–H and O–H groups in total. The van der Waals surface area contributed by atoms with Gasteiger partial charge in [0.05, 0.1) is 5.56 Å². The van der Waals surface area contributed by atoms with Crippen LogP contribution in [-0.4, -0.2) is 25.0 Å². The number of ether oxygens (including phenoxy) is 1. The van der Waals surface area contributed by atoms with Crippen molar-refractivity contribution in [3.8, 4) is 5.75 Å². The predicted molar refractivity (Wildman–Crippen MR) is 99.6 cm³/mol. The van der Waals surface area contributed by atoms with Gasteiger partial charge in [-0.1, -0.05) is 43.7 Å². The topological polar surface area (TPSA) is 29.5 Å². The lowest BCUT2D eigenvalue weighted by molar-refractivity contribution is 0.0733. The van der Waals surface area contributed by atoms with Gasteiger partial charge in [-0.3, -0.25) is 0 Å². The van der Waals surface area contributed by atoms with Gasteiger partial charge in [-0.15, -0.1) is 17.0 Å². The number of halogens is 1. The van der Waals surface area contributed by atoms with Crippen LogP contribution < -0.4 is 4.74 Å². The van der Waals surface area contributed by atoms with E-state index in [1.54, 1.807) is 12.1 Å². The number of nitrogens with zero attached hydrogens (tertiary/aromatic N) is 1. The van der Waals surface area contributed by atoms with Gasteiger partial charge in [0.2, 0.25) is 0 Å². The number of esters is 1. The van der Waals surface area contributed by atoms with Crippen molar-refractivity contribution in [1.82, 2.24) is 4.90 Å². The lowest BCUT2D eigenvalue weighted by Gasteiger charge is -2.17. The van der Waals surface area contributed by atoms with Gasteiger partial charge < -0.3 is 9.64 Å². The summed E-state index contributed by atoms with van der Waals surface area (Å²) in [6.07, 6.45) is 1.92. The van der Waals surface area contributed by atoms with E-state index in [2.05, 4.69) is 17.9 Å². The van der Waals surface area contributed by atoms with E-state index in [4.69, 9.17) is 4.74 Å². The summed E-state index contributed by atoms with van der Waals surface area (Å²) in [6.45, 7) is 2.97. The van der Waals surface area contributed by atoms with Gasteiger partial charge in [0.15, 0.2) is 0 Å². The highest BCUT2D eigenvalue weighted by atomic mass is 79.9. The van der Waals surface area contributed by atoms with E-state index in [1.165, 1.54) is 5.56 Å². The molecule has 0 aliphatic carbocycles. The van der Waals surface area contributed by atoms with Crippen LogP contribution in [0.25, 0.3) is 0 Å². The van der Waals surface area contributed by atoms with Crippen molar-refractivity contribution in [1.29, 1.82) is 0 Å². The molecule has 124 valence electrons. The zero-order valence-corrected chi connectivity index (χ0v) is 15.6.